The van der Waals surface area contributed by atoms with E-state index in [1.54, 1.807) is 12.1 Å². The SMILES string of the molecule is CC1(c2cc(Nc3ncccc3C#N)ccc2F)N=C(N)COC1F. The number of anilines is 2. The molecule has 2 aromatic rings. The topological polar surface area (TPSA) is 96.3 Å². The van der Waals surface area contributed by atoms with Crippen LogP contribution in [0.4, 0.5) is 20.3 Å². The van der Waals surface area contributed by atoms with Gasteiger partial charge in [0.15, 0.2) is 0 Å². The third-order valence-electron chi connectivity index (χ3n) is 3.90. The van der Waals surface area contributed by atoms with Gasteiger partial charge < -0.3 is 15.8 Å². The largest absolute Gasteiger partial charge is 0.385 e. The minimum Gasteiger partial charge on any atom is -0.385 e. The molecule has 6 nitrogen and oxygen atoms in total. The summed E-state index contributed by atoms with van der Waals surface area (Å²) in [4.78, 5) is 8.15. The maximum absolute atomic E-state index is 14.4. The monoisotopic (exact) mass is 343 g/mol. The molecular weight excluding hydrogens is 328 g/mol. The lowest BCUT2D eigenvalue weighted by molar-refractivity contribution is -0.0805. The molecule has 0 aliphatic carbocycles. The van der Waals surface area contributed by atoms with Gasteiger partial charge in [0.1, 0.15) is 35.7 Å². The highest BCUT2D eigenvalue weighted by Crippen LogP contribution is 2.37. The number of amidine groups is 1. The maximum Gasteiger partial charge on any atom is 0.228 e. The minimum atomic E-state index is -1.84. The Labute approximate surface area is 143 Å². The van der Waals surface area contributed by atoms with E-state index in [9.17, 15) is 8.78 Å². The molecule has 2 atom stereocenters. The lowest BCUT2D eigenvalue weighted by Gasteiger charge is -2.33. The van der Waals surface area contributed by atoms with Crippen molar-refractivity contribution in [2.75, 3.05) is 11.9 Å². The van der Waals surface area contributed by atoms with Crippen molar-refractivity contribution in [2.24, 2.45) is 10.7 Å². The summed E-state index contributed by atoms with van der Waals surface area (Å²) in [7, 11) is 0. The number of nitriles is 1. The number of pyridine rings is 1. The summed E-state index contributed by atoms with van der Waals surface area (Å²) in [5.41, 5.74) is 4.77. The summed E-state index contributed by atoms with van der Waals surface area (Å²) in [6, 6.07) is 9.29. The fourth-order valence-electron chi connectivity index (χ4n) is 2.61. The van der Waals surface area contributed by atoms with Gasteiger partial charge in [-0.15, -0.1) is 0 Å². The van der Waals surface area contributed by atoms with E-state index in [1.807, 2.05) is 6.07 Å². The summed E-state index contributed by atoms with van der Waals surface area (Å²) in [6.07, 6.45) is -0.319. The zero-order chi connectivity index (χ0) is 18.0. The molecule has 2 unspecified atom stereocenters. The third-order valence-corrected chi connectivity index (χ3v) is 3.90. The molecule has 1 aliphatic rings. The summed E-state index contributed by atoms with van der Waals surface area (Å²) < 4.78 is 33.6. The van der Waals surface area contributed by atoms with Gasteiger partial charge >= 0.3 is 0 Å². The Hall–Kier alpha value is -3.05. The first-order valence-corrected chi connectivity index (χ1v) is 7.46. The van der Waals surface area contributed by atoms with Crippen molar-refractivity contribution < 1.29 is 13.5 Å². The Bertz CT molecular complexity index is 880. The molecule has 25 heavy (non-hydrogen) atoms. The van der Waals surface area contributed by atoms with E-state index in [0.717, 1.165) is 0 Å². The number of aliphatic imine (C=N–C) groups is 1. The second kappa shape index (κ2) is 6.45. The average Bonchev–Trinajstić information content (AvgIpc) is 2.60. The van der Waals surface area contributed by atoms with Crippen LogP contribution in [0.25, 0.3) is 0 Å². The van der Waals surface area contributed by atoms with Crippen molar-refractivity contribution in [1.82, 2.24) is 4.98 Å². The molecule has 3 rings (SSSR count). The van der Waals surface area contributed by atoms with Crippen LogP contribution in [0, 0.1) is 17.1 Å². The van der Waals surface area contributed by atoms with Gasteiger partial charge in [-0.1, -0.05) is 0 Å². The molecular formula is C17H15F2N5O. The van der Waals surface area contributed by atoms with Gasteiger partial charge in [-0.05, 0) is 37.3 Å². The van der Waals surface area contributed by atoms with Gasteiger partial charge in [0, 0.05) is 17.4 Å². The van der Waals surface area contributed by atoms with Crippen molar-refractivity contribution in [1.29, 1.82) is 5.26 Å². The highest BCUT2D eigenvalue weighted by atomic mass is 19.1. The van der Waals surface area contributed by atoms with Crippen molar-refractivity contribution in [3.63, 3.8) is 0 Å². The molecule has 1 aromatic carbocycles. The van der Waals surface area contributed by atoms with Crippen LogP contribution >= 0.6 is 0 Å². The Kier molecular flexibility index (Phi) is 4.33. The van der Waals surface area contributed by atoms with E-state index in [1.165, 1.54) is 31.3 Å². The molecule has 1 aromatic heterocycles. The van der Waals surface area contributed by atoms with Crippen LogP contribution in [0.3, 0.4) is 0 Å². The number of hydrogen-bond acceptors (Lipinski definition) is 6. The molecule has 0 saturated carbocycles. The number of nitrogens with zero attached hydrogens (tertiary/aromatic N) is 3. The minimum absolute atomic E-state index is 0.0120. The molecule has 0 amide bonds. The normalized spacial score (nSPS) is 22.8. The second-order valence-corrected chi connectivity index (χ2v) is 5.71. The van der Waals surface area contributed by atoms with Crippen molar-refractivity contribution >= 4 is 17.3 Å². The number of alkyl halides is 1. The third kappa shape index (κ3) is 3.14. The van der Waals surface area contributed by atoms with Gasteiger partial charge in [0.05, 0.1) is 5.56 Å². The number of aromatic nitrogens is 1. The van der Waals surface area contributed by atoms with Crippen molar-refractivity contribution in [3.05, 3.63) is 53.5 Å². The van der Waals surface area contributed by atoms with Crippen molar-refractivity contribution in [2.45, 2.75) is 18.8 Å². The predicted octanol–water partition coefficient (Wildman–Crippen LogP) is 2.73. The van der Waals surface area contributed by atoms with Crippen LogP contribution in [-0.2, 0) is 10.3 Å². The summed E-state index contributed by atoms with van der Waals surface area (Å²) >= 11 is 0. The molecule has 0 radical (unpaired) electrons. The standard InChI is InChI=1S/C17H15F2N5O/c1-17(16(19)25-9-14(21)24-17)12-7-11(4-5-13(12)18)23-15-10(8-20)3-2-6-22-15/h2-7,16H,9H2,1H3,(H2,21,24)(H,22,23). The first-order valence-electron chi connectivity index (χ1n) is 7.46. The molecule has 8 heteroatoms. The number of benzene rings is 1. The van der Waals surface area contributed by atoms with E-state index >= 15 is 0 Å². The molecule has 0 bridgehead atoms. The van der Waals surface area contributed by atoms with Crippen LogP contribution in [0.15, 0.2) is 41.5 Å². The fraction of sp³-hybridized carbons (Fsp3) is 0.235. The zero-order valence-corrected chi connectivity index (χ0v) is 13.3. The van der Waals surface area contributed by atoms with Crippen molar-refractivity contribution in [3.8, 4) is 6.07 Å². The molecule has 0 fully saturated rings. The first-order chi connectivity index (χ1) is 11.9. The number of hydrogen-bond donors (Lipinski definition) is 2. The molecule has 0 saturated heterocycles. The maximum atomic E-state index is 14.4. The van der Waals surface area contributed by atoms with Gasteiger partial charge in [0.2, 0.25) is 6.36 Å². The first kappa shape index (κ1) is 16.8. The van der Waals surface area contributed by atoms with E-state index in [2.05, 4.69) is 15.3 Å². The number of nitrogens with two attached hydrogens (primary N) is 1. The van der Waals surface area contributed by atoms with Crippen LogP contribution < -0.4 is 11.1 Å². The van der Waals surface area contributed by atoms with Crippen LogP contribution in [0.2, 0.25) is 0 Å². The Morgan fingerprint density at radius 1 is 1.44 bits per heavy atom. The molecule has 3 N–H and O–H groups in total. The molecule has 128 valence electrons. The smallest absolute Gasteiger partial charge is 0.228 e. The lowest BCUT2D eigenvalue weighted by Crippen LogP contribution is -2.43. The predicted molar refractivity (Wildman–Crippen MR) is 88.5 cm³/mol. The van der Waals surface area contributed by atoms with E-state index in [0.29, 0.717) is 17.1 Å². The van der Waals surface area contributed by atoms with E-state index in [4.69, 9.17) is 15.7 Å². The summed E-state index contributed by atoms with van der Waals surface area (Å²) in [5, 5.41) is 12.0. The zero-order valence-electron chi connectivity index (χ0n) is 13.3. The van der Waals surface area contributed by atoms with Gasteiger partial charge in [0.25, 0.3) is 0 Å². The van der Waals surface area contributed by atoms with E-state index < -0.39 is 17.7 Å². The summed E-state index contributed by atoms with van der Waals surface area (Å²) in [5.74, 6) is -0.239. The Balaban J connectivity index is 2.02. The van der Waals surface area contributed by atoms with Crippen LogP contribution in [-0.4, -0.2) is 23.8 Å². The van der Waals surface area contributed by atoms with Crippen LogP contribution in [0.1, 0.15) is 18.1 Å². The Morgan fingerprint density at radius 2 is 2.24 bits per heavy atom. The Morgan fingerprint density at radius 3 is 3.00 bits per heavy atom. The van der Waals surface area contributed by atoms with E-state index in [-0.39, 0.29) is 18.0 Å². The number of ether oxygens (including phenoxy) is 1. The quantitative estimate of drug-likeness (QED) is 0.893. The second-order valence-electron chi connectivity index (χ2n) is 5.71. The highest BCUT2D eigenvalue weighted by Gasteiger charge is 2.42. The van der Waals surface area contributed by atoms with Gasteiger partial charge in [-0.3, -0.25) is 4.99 Å². The van der Waals surface area contributed by atoms with Gasteiger partial charge in [-0.25, -0.2) is 13.8 Å². The number of rotatable bonds is 3. The van der Waals surface area contributed by atoms with Gasteiger partial charge in [-0.2, -0.15) is 5.26 Å². The highest BCUT2D eigenvalue weighted by molar-refractivity contribution is 5.82. The molecule has 2 heterocycles. The molecule has 1 aliphatic heterocycles. The number of halogens is 2. The van der Waals surface area contributed by atoms with Crippen LogP contribution in [0.5, 0.6) is 0 Å². The summed E-state index contributed by atoms with van der Waals surface area (Å²) in [6.45, 7) is 1.27. The number of nitrogens with one attached hydrogen (secondary N) is 1. The fourth-order valence-corrected chi connectivity index (χ4v) is 2.61. The average molecular weight is 343 g/mol. The molecule has 0 spiro atoms. The lowest BCUT2D eigenvalue weighted by atomic mass is 9.90.